The Labute approximate surface area is 112 Å². The molecule has 0 unspecified atom stereocenters. The molecule has 90 valence electrons. The van der Waals surface area contributed by atoms with Gasteiger partial charge >= 0.3 is 0 Å². The van der Waals surface area contributed by atoms with Gasteiger partial charge in [0.15, 0.2) is 0 Å². The van der Waals surface area contributed by atoms with Crippen LogP contribution in [0.15, 0.2) is 40.9 Å². The van der Waals surface area contributed by atoms with Gasteiger partial charge in [-0.3, -0.25) is 0 Å². The van der Waals surface area contributed by atoms with Crippen molar-refractivity contribution >= 4 is 27.0 Å². The lowest BCUT2D eigenvalue weighted by Crippen LogP contribution is -1.85. The van der Waals surface area contributed by atoms with Crippen molar-refractivity contribution in [3.63, 3.8) is 0 Å². The highest BCUT2D eigenvalue weighted by Gasteiger charge is 2.08. The Hall–Kier alpha value is -1.68. The number of aromatic nitrogens is 2. The first-order valence-corrected chi connectivity index (χ1v) is 6.34. The Kier molecular flexibility index (Phi) is 2.67. The number of halogens is 2. The Morgan fingerprint density at radius 3 is 2.83 bits per heavy atom. The van der Waals surface area contributed by atoms with E-state index in [0.717, 1.165) is 26.9 Å². The molecule has 3 aromatic rings. The number of aryl methyl sites for hydroxylation is 1. The van der Waals surface area contributed by atoms with E-state index in [1.54, 1.807) is 6.07 Å². The number of nitrogens with zero attached hydrogens (tertiary/aromatic N) is 1. The van der Waals surface area contributed by atoms with Gasteiger partial charge in [0.2, 0.25) is 0 Å². The third-order valence-corrected chi connectivity index (χ3v) is 3.39. The zero-order valence-corrected chi connectivity index (χ0v) is 11.3. The molecule has 1 aromatic heterocycles. The van der Waals surface area contributed by atoms with Crippen LogP contribution in [-0.2, 0) is 0 Å². The quantitative estimate of drug-likeness (QED) is 0.707. The molecule has 3 rings (SSSR count). The van der Waals surface area contributed by atoms with Gasteiger partial charge in [0, 0.05) is 10.0 Å². The van der Waals surface area contributed by atoms with Crippen molar-refractivity contribution in [1.29, 1.82) is 0 Å². The van der Waals surface area contributed by atoms with Crippen LogP contribution in [0.5, 0.6) is 0 Å². The summed E-state index contributed by atoms with van der Waals surface area (Å²) in [5.41, 5.74) is 3.62. The Bertz CT molecular complexity index is 734. The molecule has 1 heterocycles. The number of aromatic amines is 1. The lowest BCUT2D eigenvalue weighted by atomic mass is 10.1. The highest BCUT2D eigenvalue weighted by molar-refractivity contribution is 9.10. The summed E-state index contributed by atoms with van der Waals surface area (Å²) in [5.74, 6) is 0.498. The van der Waals surface area contributed by atoms with Crippen molar-refractivity contribution in [2.75, 3.05) is 0 Å². The zero-order valence-electron chi connectivity index (χ0n) is 9.67. The van der Waals surface area contributed by atoms with E-state index in [0.29, 0.717) is 5.52 Å². The summed E-state index contributed by atoms with van der Waals surface area (Å²) in [6, 6.07) is 10.6. The molecule has 0 fully saturated rings. The molecule has 2 aromatic carbocycles. The van der Waals surface area contributed by atoms with E-state index >= 15 is 0 Å². The molecule has 0 spiro atoms. The third-order valence-electron chi connectivity index (χ3n) is 2.90. The van der Waals surface area contributed by atoms with Crippen LogP contribution in [-0.4, -0.2) is 9.97 Å². The van der Waals surface area contributed by atoms with Gasteiger partial charge < -0.3 is 4.98 Å². The molecule has 0 radical (unpaired) electrons. The van der Waals surface area contributed by atoms with Gasteiger partial charge in [0.05, 0.1) is 11.0 Å². The largest absolute Gasteiger partial charge is 0.338 e. The fourth-order valence-corrected chi connectivity index (χ4v) is 2.32. The number of hydrogen-bond acceptors (Lipinski definition) is 1. The zero-order chi connectivity index (χ0) is 12.7. The van der Waals surface area contributed by atoms with Crippen molar-refractivity contribution in [2.24, 2.45) is 0 Å². The molecule has 18 heavy (non-hydrogen) atoms. The maximum atomic E-state index is 13.1. The lowest BCUT2D eigenvalue weighted by Gasteiger charge is -2.02. The highest BCUT2D eigenvalue weighted by atomic mass is 79.9. The molecule has 1 N–H and O–H groups in total. The molecule has 0 saturated heterocycles. The van der Waals surface area contributed by atoms with Crippen molar-refractivity contribution in [3.05, 3.63) is 52.3 Å². The van der Waals surface area contributed by atoms with Gasteiger partial charge in [0.1, 0.15) is 11.6 Å². The van der Waals surface area contributed by atoms with E-state index in [-0.39, 0.29) is 5.82 Å². The number of imidazole rings is 1. The summed E-state index contributed by atoms with van der Waals surface area (Å²) in [4.78, 5) is 7.63. The summed E-state index contributed by atoms with van der Waals surface area (Å²) in [5, 5.41) is 0. The molecule has 0 aliphatic rings. The van der Waals surface area contributed by atoms with Gasteiger partial charge in [-0.2, -0.15) is 0 Å². The van der Waals surface area contributed by atoms with Crippen LogP contribution in [0.25, 0.3) is 22.4 Å². The predicted molar refractivity (Wildman–Crippen MR) is 73.9 cm³/mol. The van der Waals surface area contributed by atoms with E-state index in [9.17, 15) is 4.39 Å². The smallest absolute Gasteiger partial charge is 0.138 e. The number of hydrogen-bond donors (Lipinski definition) is 1. The number of benzene rings is 2. The second kappa shape index (κ2) is 4.21. The van der Waals surface area contributed by atoms with E-state index in [2.05, 4.69) is 25.9 Å². The molecule has 0 amide bonds. The Morgan fingerprint density at radius 1 is 1.17 bits per heavy atom. The van der Waals surface area contributed by atoms with Gasteiger partial charge in [-0.15, -0.1) is 0 Å². The van der Waals surface area contributed by atoms with E-state index in [4.69, 9.17) is 0 Å². The topological polar surface area (TPSA) is 28.7 Å². The normalized spacial score (nSPS) is 11.1. The highest BCUT2D eigenvalue weighted by Crippen LogP contribution is 2.26. The maximum Gasteiger partial charge on any atom is 0.138 e. The summed E-state index contributed by atoms with van der Waals surface area (Å²) >= 11 is 3.45. The fraction of sp³-hybridized carbons (Fsp3) is 0.0714. The van der Waals surface area contributed by atoms with Crippen molar-refractivity contribution < 1.29 is 4.39 Å². The minimum Gasteiger partial charge on any atom is -0.338 e. The average Bonchev–Trinajstić information content (AvgIpc) is 2.74. The van der Waals surface area contributed by atoms with Gasteiger partial charge in [-0.25, -0.2) is 9.37 Å². The van der Waals surface area contributed by atoms with Crippen LogP contribution in [0.1, 0.15) is 5.56 Å². The van der Waals surface area contributed by atoms with Crippen LogP contribution in [0.4, 0.5) is 4.39 Å². The van der Waals surface area contributed by atoms with E-state index in [1.165, 1.54) is 12.1 Å². The Morgan fingerprint density at radius 2 is 2.00 bits per heavy atom. The molecule has 0 saturated carbocycles. The van der Waals surface area contributed by atoms with Crippen LogP contribution >= 0.6 is 15.9 Å². The van der Waals surface area contributed by atoms with E-state index < -0.39 is 0 Å². The predicted octanol–water partition coefficient (Wildman–Crippen LogP) is 4.44. The van der Waals surface area contributed by atoms with E-state index in [1.807, 2.05) is 25.1 Å². The molecular weight excluding hydrogens is 295 g/mol. The van der Waals surface area contributed by atoms with Crippen molar-refractivity contribution in [3.8, 4) is 11.4 Å². The summed E-state index contributed by atoms with van der Waals surface area (Å²) in [6.45, 7) is 2.02. The number of rotatable bonds is 1. The SMILES string of the molecule is Cc1ccc(Br)cc1-c1nc2ccc(F)cc2[nH]1. The summed E-state index contributed by atoms with van der Waals surface area (Å²) in [7, 11) is 0. The lowest BCUT2D eigenvalue weighted by molar-refractivity contribution is 0.629. The monoisotopic (exact) mass is 304 g/mol. The van der Waals surface area contributed by atoms with Crippen molar-refractivity contribution in [2.45, 2.75) is 6.92 Å². The average molecular weight is 305 g/mol. The molecule has 0 bridgehead atoms. The van der Waals surface area contributed by atoms with Crippen LogP contribution < -0.4 is 0 Å². The summed E-state index contributed by atoms with van der Waals surface area (Å²) < 4.78 is 14.1. The van der Waals surface area contributed by atoms with Crippen LogP contribution in [0.2, 0.25) is 0 Å². The molecule has 2 nitrogen and oxygen atoms in total. The second-order valence-electron chi connectivity index (χ2n) is 4.21. The fourth-order valence-electron chi connectivity index (χ4n) is 1.96. The third kappa shape index (κ3) is 1.93. The number of nitrogens with one attached hydrogen (secondary N) is 1. The number of H-pyrrole nitrogens is 1. The van der Waals surface area contributed by atoms with Crippen LogP contribution in [0.3, 0.4) is 0 Å². The first-order chi connectivity index (χ1) is 8.63. The van der Waals surface area contributed by atoms with Crippen molar-refractivity contribution in [1.82, 2.24) is 9.97 Å². The summed E-state index contributed by atoms with van der Waals surface area (Å²) in [6.07, 6.45) is 0. The van der Waals surface area contributed by atoms with Gasteiger partial charge in [-0.1, -0.05) is 22.0 Å². The first-order valence-electron chi connectivity index (χ1n) is 5.55. The molecule has 0 aliphatic heterocycles. The molecule has 0 aliphatic carbocycles. The Balaban J connectivity index is 2.22. The second-order valence-corrected chi connectivity index (χ2v) is 5.12. The minimum atomic E-state index is -0.260. The number of fused-ring (bicyclic) bond motifs is 1. The molecule has 4 heteroatoms. The van der Waals surface area contributed by atoms with Crippen LogP contribution in [0, 0.1) is 12.7 Å². The molecular formula is C14H10BrFN2. The molecule has 0 atom stereocenters. The van der Waals surface area contributed by atoms with Gasteiger partial charge in [0.25, 0.3) is 0 Å². The standard InChI is InChI=1S/C14H10BrFN2/c1-8-2-3-9(15)6-11(8)14-17-12-5-4-10(16)7-13(12)18-14/h2-7H,1H3,(H,17,18). The van der Waals surface area contributed by atoms with Gasteiger partial charge in [-0.05, 0) is 42.8 Å². The first kappa shape index (κ1) is 11.4. The minimum absolute atomic E-state index is 0.260. The maximum absolute atomic E-state index is 13.1.